The number of rotatable bonds is 7. The van der Waals surface area contributed by atoms with Crippen molar-refractivity contribution in [2.75, 3.05) is 13.1 Å². The summed E-state index contributed by atoms with van der Waals surface area (Å²) in [5, 5.41) is 9.38. The molecule has 0 aliphatic carbocycles. The van der Waals surface area contributed by atoms with Crippen LogP contribution >= 0.6 is 0 Å². The van der Waals surface area contributed by atoms with Crippen molar-refractivity contribution in [1.29, 1.82) is 0 Å². The maximum absolute atomic E-state index is 12.1. The first kappa shape index (κ1) is 24.2. The lowest BCUT2D eigenvalue weighted by Gasteiger charge is -2.29. The Morgan fingerprint density at radius 1 is 1.16 bits per heavy atom. The van der Waals surface area contributed by atoms with Crippen LogP contribution in [0.5, 0.6) is 0 Å². The summed E-state index contributed by atoms with van der Waals surface area (Å²) in [7, 11) is 0. The molecular formula is C22H35N7O2. The van der Waals surface area contributed by atoms with E-state index < -0.39 is 17.2 Å². The number of pyridine rings is 1. The number of nitrogens with zero attached hydrogens (tertiary/aromatic N) is 4. The van der Waals surface area contributed by atoms with E-state index in [1.165, 1.54) is 0 Å². The van der Waals surface area contributed by atoms with Gasteiger partial charge in [-0.25, -0.2) is 19.8 Å². The Kier molecular flexibility index (Phi) is 8.01. The minimum absolute atomic E-state index is 0.444. The van der Waals surface area contributed by atoms with Crippen molar-refractivity contribution in [3.63, 3.8) is 0 Å². The lowest BCUT2D eigenvalue weighted by molar-refractivity contribution is 0.0474. The van der Waals surface area contributed by atoms with E-state index in [0.717, 1.165) is 23.8 Å². The standard InChI is InChI=1S/C22H35N7O2/c1-8-23-19(27-15-22(6,7)28-20(30)31-21(3,4)5)26-14-17-9-10-18(25-13-17)29-12-11-24-16(29)2/h9-13H,8,14-15H2,1-7H3,(H,28,30)(H2,23,26,27). The van der Waals surface area contributed by atoms with Gasteiger partial charge < -0.3 is 20.7 Å². The average molecular weight is 430 g/mol. The third kappa shape index (κ3) is 8.27. The number of aliphatic imine (C=N–C) groups is 1. The number of carbonyl (C=O) groups is 1. The fraction of sp³-hybridized carbons (Fsp3) is 0.545. The molecule has 0 saturated heterocycles. The number of hydrogen-bond acceptors (Lipinski definition) is 5. The first-order chi connectivity index (χ1) is 14.5. The third-order valence-corrected chi connectivity index (χ3v) is 4.18. The van der Waals surface area contributed by atoms with Crippen LogP contribution in [0.15, 0.2) is 35.7 Å². The maximum Gasteiger partial charge on any atom is 0.408 e. The molecule has 0 unspecified atom stereocenters. The van der Waals surface area contributed by atoms with Crippen LogP contribution in [0.1, 0.15) is 52.9 Å². The van der Waals surface area contributed by atoms with E-state index in [4.69, 9.17) is 4.74 Å². The number of aromatic nitrogens is 3. The second-order valence-corrected chi connectivity index (χ2v) is 8.93. The van der Waals surface area contributed by atoms with Gasteiger partial charge in [0.05, 0.1) is 12.1 Å². The Morgan fingerprint density at radius 2 is 1.90 bits per heavy atom. The van der Waals surface area contributed by atoms with E-state index >= 15 is 0 Å². The fourth-order valence-electron chi connectivity index (χ4n) is 2.71. The van der Waals surface area contributed by atoms with Gasteiger partial charge in [0, 0.05) is 31.7 Å². The molecular weight excluding hydrogens is 394 g/mol. The molecule has 0 radical (unpaired) electrons. The highest BCUT2D eigenvalue weighted by atomic mass is 16.6. The Balaban J connectivity index is 1.95. The number of amides is 1. The molecule has 0 aliphatic heterocycles. The van der Waals surface area contributed by atoms with E-state index in [9.17, 15) is 4.79 Å². The SMILES string of the molecule is CCNC(=NCc1ccc(-n2ccnc2C)nc1)NCC(C)(C)NC(=O)OC(C)(C)C. The molecule has 0 atom stereocenters. The summed E-state index contributed by atoms with van der Waals surface area (Å²) in [5.41, 5.74) is -0.0704. The molecule has 0 aliphatic rings. The normalized spacial score (nSPS) is 12.4. The Morgan fingerprint density at radius 3 is 2.45 bits per heavy atom. The number of nitrogens with one attached hydrogen (secondary N) is 3. The van der Waals surface area contributed by atoms with Gasteiger partial charge in [-0.3, -0.25) is 4.57 Å². The van der Waals surface area contributed by atoms with Gasteiger partial charge in [-0.1, -0.05) is 6.07 Å². The zero-order valence-electron chi connectivity index (χ0n) is 19.6. The molecule has 170 valence electrons. The van der Waals surface area contributed by atoms with Gasteiger partial charge in [0.1, 0.15) is 17.2 Å². The van der Waals surface area contributed by atoms with Crippen LogP contribution < -0.4 is 16.0 Å². The topological polar surface area (TPSA) is 105 Å². The minimum Gasteiger partial charge on any atom is -0.444 e. The molecule has 2 heterocycles. The minimum atomic E-state index is -0.538. The number of hydrogen-bond donors (Lipinski definition) is 3. The van der Waals surface area contributed by atoms with Gasteiger partial charge in [0.25, 0.3) is 0 Å². The van der Waals surface area contributed by atoms with E-state index in [1.807, 2.05) is 77.6 Å². The van der Waals surface area contributed by atoms with Crippen molar-refractivity contribution in [3.8, 4) is 5.82 Å². The maximum atomic E-state index is 12.1. The van der Waals surface area contributed by atoms with Crippen molar-refractivity contribution in [2.45, 2.75) is 66.2 Å². The Bertz CT molecular complexity index is 880. The highest BCUT2D eigenvalue weighted by Gasteiger charge is 2.24. The van der Waals surface area contributed by atoms with E-state index in [2.05, 4.69) is 30.9 Å². The highest BCUT2D eigenvalue weighted by molar-refractivity contribution is 5.80. The number of aryl methyl sites for hydroxylation is 1. The second-order valence-electron chi connectivity index (χ2n) is 8.93. The summed E-state index contributed by atoms with van der Waals surface area (Å²) in [4.78, 5) is 25.4. The first-order valence-corrected chi connectivity index (χ1v) is 10.5. The number of ether oxygens (including phenoxy) is 1. The number of carbonyl (C=O) groups excluding carboxylic acids is 1. The number of guanidine groups is 1. The molecule has 0 fully saturated rings. The van der Waals surface area contributed by atoms with Crippen molar-refractivity contribution >= 4 is 12.1 Å². The summed E-state index contributed by atoms with van der Waals surface area (Å²) < 4.78 is 7.27. The van der Waals surface area contributed by atoms with Gasteiger partial charge in [0.2, 0.25) is 0 Å². The zero-order valence-corrected chi connectivity index (χ0v) is 19.6. The molecule has 2 rings (SSSR count). The van der Waals surface area contributed by atoms with Crippen LogP contribution in [-0.2, 0) is 11.3 Å². The van der Waals surface area contributed by atoms with Gasteiger partial charge in [0.15, 0.2) is 5.96 Å². The summed E-state index contributed by atoms with van der Waals surface area (Å²) >= 11 is 0. The molecule has 2 aromatic rings. The van der Waals surface area contributed by atoms with Crippen molar-refractivity contribution in [2.24, 2.45) is 4.99 Å². The summed E-state index contributed by atoms with van der Waals surface area (Å²) in [6.07, 6.45) is 5.01. The van der Waals surface area contributed by atoms with Crippen molar-refractivity contribution in [1.82, 2.24) is 30.5 Å². The smallest absolute Gasteiger partial charge is 0.408 e. The second kappa shape index (κ2) is 10.3. The van der Waals surface area contributed by atoms with Gasteiger partial charge in [-0.2, -0.15) is 0 Å². The predicted octanol–water partition coefficient (Wildman–Crippen LogP) is 2.93. The van der Waals surface area contributed by atoms with Crippen LogP contribution in [0.3, 0.4) is 0 Å². The summed E-state index contributed by atoms with van der Waals surface area (Å²) in [6, 6.07) is 3.95. The fourth-order valence-corrected chi connectivity index (χ4v) is 2.71. The third-order valence-electron chi connectivity index (χ3n) is 4.18. The van der Waals surface area contributed by atoms with Crippen molar-refractivity contribution in [3.05, 3.63) is 42.1 Å². The zero-order chi connectivity index (χ0) is 23.1. The molecule has 0 bridgehead atoms. The Hall–Kier alpha value is -3.10. The van der Waals surface area contributed by atoms with Crippen LogP contribution in [0.2, 0.25) is 0 Å². The van der Waals surface area contributed by atoms with Crippen LogP contribution in [0.25, 0.3) is 5.82 Å². The Labute approximate surface area is 184 Å². The quantitative estimate of drug-likeness (QED) is 0.462. The molecule has 9 heteroatoms. The summed E-state index contributed by atoms with van der Waals surface area (Å²) in [5.74, 6) is 2.37. The molecule has 31 heavy (non-hydrogen) atoms. The van der Waals surface area contributed by atoms with Gasteiger partial charge in [-0.15, -0.1) is 0 Å². The highest BCUT2D eigenvalue weighted by Crippen LogP contribution is 2.10. The largest absolute Gasteiger partial charge is 0.444 e. The lowest BCUT2D eigenvalue weighted by atomic mass is 10.1. The van der Waals surface area contributed by atoms with Crippen molar-refractivity contribution < 1.29 is 9.53 Å². The lowest BCUT2D eigenvalue weighted by Crippen LogP contribution is -2.54. The molecule has 0 aromatic carbocycles. The summed E-state index contributed by atoms with van der Waals surface area (Å²) in [6.45, 7) is 15.0. The molecule has 3 N–H and O–H groups in total. The number of imidazole rings is 1. The average Bonchev–Trinajstić information content (AvgIpc) is 3.08. The van der Waals surface area contributed by atoms with E-state index in [-0.39, 0.29) is 0 Å². The van der Waals surface area contributed by atoms with Gasteiger partial charge in [-0.05, 0) is 60.1 Å². The van der Waals surface area contributed by atoms with Crippen LogP contribution in [0, 0.1) is 6.92 Å². The first-order valence-electron chi connectivity index (χ1n) is 10.5. The van der Waals surface area contributed by atoms with Crippen LogP contribution in [-0.4, -0.2) is 50.8 Å². The molecule has 1 amide bonds. The monoisotopic (exact) mass is 429 g/mol. The molecule has 0 saturated carbocycles. The van der Waals surface area contributed by atoms with E-state index in [0.29, 0.717) is 19.0 Å². The van der Waals surface area contributed by atoms with Crippen LogP contribution in [0.4, 0.5) is 4.79 Å². The number of alkyl carbamates (subject to hydrolysis) is 1. The van der Waals surface area contributed by atoms with Gasteiger partial charge >= 0.3 is 6.09 Å². The molecule has 0 spiro atoms. The predicted molar refractivity (Wildman–Crippen MR) is 122 cm³/mol. The molecule has 9 nitrogen and oxygen atoms in total. The van der Waals surface area contributed by atoms with E-state index in [1.54, 1.807) is 6.20 Å². The molecule has 2 aromatic heterocycles.